The summed E-state index contributed by atoms with van der Waals surface area (Å²) in [7, 11) is 2.05. The Balaban J connectivity index is 1.07. The largest absolute Gasteiger partial charge is 0.350 e. The Labute approximate surface area is 234 Å². The maximum absolute atomic E-state index is 13.2. The van der Waals surface area contributed by atoms with Crippen LogP contribution in [0.15, 0.2) is 103 Å². The van der Waals surface area contributed by atoms with E-state index in [9.17, 15) is 9.18 Å². The number of anilines is 1. The van der Waals surface area contributed by atoms with Crippen molar-refractivity contribution < 1.29 is 9.18 Å². The first kappa shape index (κ1) is 26.0. The van der Waals surface area contributed by atoms with Gasteiger partial charge in [0.2, 0.25) is 0 Å². The number of aryl methyl sites for hydroxylation is 1. The van der Waals surface area contributed by atoms with Crippen LogP contribution < -0.4 is 5.32 Å². The van der Waals surface area contributed by atoms with Gasteiger partial charge in [0.15, 0.2) is 0 Å². The van der Waals surface area contributed by atoms with Gasteiger partial charge in [-0.3, -0.25) is 14.6 Å². The van der Waals surface area contributed by atoms with E-state index in [1.165, 1.54) is 34.4 Å². The lowest BCUT2D eigenvalue weighted by atomic mass is 10.0. The summed E-state index contributed by atoms with van der Waals surface area (Å²) in [5.74, 6) is -0.527. The Kier molecular flexibility index (Phi) is 7.45. The number of nitrogens with zero attached hydrogens (tertiary/aromatic N) is 3. The molecule has 1 N–H and O–H groups in total. The highest BCUT2D eigenvalue weighted by Gasteiger charge is 2.19. The standard InChI is InChI=1S/C34H33FN4O/c1-37-23-29(32-21-28(11-16-33(32)37)34(40)36-31-14-12-30(35)13-15-31)24-39-19-17-38(18-20-39)22-25-7-9-27(10-8-25)26-5-3-2-4-6-26/h2-16,21,23H,17-20,22,24H2,1H3,(H,36,40). The van der Waals surface area contributed by atoms with E-state index in [0.29, 0.717) is 11.3 Å². The second-order valence-corrected chi connectivity index (χ2v) is 10.6. The molecule has 1 amide bonds. The number of amides is 1. The molecule has 0 saturated carbocycles. The van der Waals surface area contributed by atoms with Crippen molar-refractivity contribution in [3.63, 3.8) is 0 Å². The van der Waals surface area contributed by atoms with Gasteiger partial charge in [-0.1, -0.05) is 54.6 Å². The zero-order valence-corrected chi connectivity index (χ0v) is 22.7. The summed E-state index contributed by atoms with van der Waals surface area (Å²) >= 11 is 0. The molecule has 6 rings (SSSR count). The van der Waals surface area contributed by atoms with Crippen LogP contribution in [0.5, 0.6) is 0 Å². The molecule has 0 unspecified atom stereocenters. The first-order valence-corrected chi connectivity index (χ1v) is 13.8. The second kappa shape index (κ2) is 11.5. The van der Waals surface area contributed by atoms with Crippen LogP contribution in [0, 0.1) is 5.82 Å². The summed E-state index contributed by atoms with van der Waals surface area (Å²) in [4.78, 5) is 17.9. The van der Waals surface area contributed by atoms with Crippen LogP contribution in [0.3, 0.4) is 0 Å². The monoisotopic (exact) mass is 532 g/mol. The van der Waals surface area contributed by atoms with Gasteiger partial charge >= 0.3 is 0 Å². The van der Waals surface area contributed by atoms with Crippen molar-refractivity contribution >= 4 is 22.5 Å². The molecule has 5 aromatic rings. The van der Waals surface area contributed by atoms with Gasteiger partial charge in [0.1, 0.15) is 5.82 Å². The molecule has 2 heterocycles. The minimum Gasteiger partial charge on any atom is -0.350 e. The van der Waals surface area contributed by atoms with E-state index in [2.05, 4.69) is 74.4 Å². The van der Waals surface area contributed by atoms with Crippen molar-refractivity contribution in [2.75, 3.05) is 31.5 Å². The van der Waals surface area contributed by atoms with Crippen molar-refractivity contribution in [3.8, 4) is 11.1 Å². The number of rotatable bonds is 7. The molecule has 5 nitrogen and oxygen atoms in total. The van der Waals surface area contributed by atoms with E-state index in [0.717, 1.165) is 50.2 Å². The number of carbonyl (C=O) groups is 1. The van der Waals surface area contributed by atoms with Crippen molar-refractivity contribution in [3.05, 3.63) is 126 Å². The molecule has 1 aliphatic rings. The number of benzene rings is 4. The van der Waals surface area contributed by atoms with Gasteiger partial charge in [0.25, 0.3) is 5.91 Å². The number of fused-ring (bicyclic) bond motifs is 1. The molecule has 0 atom stereocenters. The maximum atomic E-state index is 13.2. The molecule has 6 heteroatoms. The summed E-state index contributed by atoms with van der Waals surface area (Å²) in [6.45, 7) is 5.86. The summed E-state index contributed by atoms with van der Waals surface area (Å²) in [5.41, 5.74) is 7.33. The summed E-state index contributed by atoms with van der Waals surface area (Å²) in [6, 6.07) is 31.1. The van der Waals surface area contributed by atoms with Gasteiger partial charge in [-0.25, -0.2) is 4.39 Å². The minimum atomic E-state index is -0.327. The molecule has 0 bridgehead atoms. The highest BCUT2D eigenvalue weighted by molar-refractivity contribution is 6.06. The van der Waals surface area contributed by atoms with Crippen molar-refractivity contribution in [1.29, 1.82) is 0 Å². The molecule has 1 aromatic heterocycles. The lowest BCUT2D eigenvalue weighted by Gasteiger charge is -2.34. The number of hydrogen-bond acceptors (Lipinski definition) is 3. The first-order valence-electron chi connectivity index (χ1n) is 13.8. The third kappa shape index (κ3) is 5.83. The lowest BCUT2D eigenvalue weighted by molar-refractivity contribution is 0.102. The Morgan fingerprint density at radius 2 is 1.43 bits per heavy atom. The van der Waals surface area contributed by atoms with Crippen molar-refractivity contribution in [2.24, 2.45) is 7.05 Å². The van der Waals surface area contributed by atoms with Gasteiger partial charge in [-0.15, -0.1) is 0 Å². The fourth-order valence-electron chi connectivity index (χ4n) is 5.52. The summed E-state index contributed by atoms with van der Waals surface area (Å²) in [6.07, 6.45) is 2.17. The van der Waals surface area contributed by atoms with Gasteiger partial charge in [0.05, 0.1) is 0 Å². The number of nitrogens with one attached hydrogen (secondary N) is 1. The predicted molar refractivity (Wildman–Crippen MR) is 160 cm³/mol. The third-order valence-electron chi connectivity index (χ3n) is 7.76. The molecule has 0 radical (unpaired) electrons. The zero-order valence-electron chi connectivity index (χ0n) is 22.7. The summed E-state index contributed by atoms with van der Waals surface area (Å²) < 4.78 is 15.4. The molecule has 0 spiro atoms. The smallest absolute Gasteiger partial charge is 0.255 e. The van der Waals surface area contributed by atoms with E-state index < -0.39 is 0 Å². The number of halogens is 1. The average molecular weight is 533 g/mol. The van der Waals surface area contributed by atoms with Gasteiger partial charge < -0.3 is 9.88 Å². The van der Waals surface area contributed by atoms with Crippen molar-refractivity contribution in [1.82, 2.24) is 14.4 Å². The molecule has 4 aromatic carbocycles. The molecular weight excluding hydrogens is 499 g/mol. The van der Waals surface area contributed by atoms with E-state index in [1.807, 2.05) is 31.3 Å². The van der Waals surface area contributed by atoms with E-state index in [-0.39, 0.29) is 11.7 Å². The molecule has 1 aliphatic heterocycles. The van der Waals surface area contributed by atoms with Crippen LogP contribution in [-0.2, 0) is 20.1 Å². The van der Waals surface area contributed by atoms with Crippen molar-refractivity contribution in [2.45, 2.75) is 13.1 Å². The van der Waals surface area contributed by atoms with Crippen LogP contribution in [0.25, 0.3) is 22.0 Å². The average Bonchev–Trinajstić information content (AvgIpc) is 3.30. The maximum Gasteiger partial charge on any atom is 0.255 e. The second-order valence-electron chi connectivity index (χ2n) is 10.6. The zero-order chi connectivity index (χ0) is 27.5. The van der Waals surface area contributed by atoms with Crippen LogP contribution in [0.1, 0.15) is 21.5 Å². The topological polar surface area (TPSA) is 40.5 Å². The molecule has 0 aliphatic carbocycles. The van der Waals surface area contributed by atoms with Crippen LogP contribution >= 0.6 is 0 Å². The summed E-state index contributed by atoms with van der Waals surface area (Å²) in [5, 5.41) is 3.96. The van der Waals surface area contributed by atoms with E-state index in [4.69, 9.17) is 0 Å². The third-order valence-corrected chi connectivity index (χ3v) is 7.76. The molecule has 202 valence electrons. The van der Waals surface area contributed by atoms with Gasteiger partial charge in [-0.2, -0.15) is 0 Å². The van der Waals surface area contributed by atoms with Crippen LogP contribution in [0.2, 0.25) is 0 Å². The predicted octanol–water partition coefficient (Wildman–Crippen LogP) is 6.55. The Bertz CT molecular complexity index is 1600. The number of carbonyl (C=O) groups excluding carboxylic acids is 1. The minimum absolute atomic E-state index is 0.200. The fourth-order valence-corrected chi connectivity index (χ4v) is 5.52. The number of aromatic nitrogens is 1. The molecule has 1 fully saturated rings. The highest BCUT2D eigenvalue weighted by Crippen LogP contribution is 2.25. The Morgan fingerprint density at radius 3 is 2.12 bits per heavy atom. The SMILES string of the molecule is Cn1cc(CN2CCN(Cc3ccc(-c4ccccc4)cc3)CC2)c2cc(C(=O)Nc3ccc(F)cc3)ccc21. The molecule has 1 saturated heterocycles. The van der Waals surface area contributed by atoms with Crippen LogP contribution in [0.4, 0.5) is 10.1 Å². The Morgan fingerprint density at radius 1 is 0.775 bits per heavy atom. The Hall–Kier alpha value is -4.26. The normalized spacial score (nSPS) is 14.4. The highest BCUT2D eigenvalue weighted by atomic mass is 19.1. The molecule has 40 heavy (non-hydrogen) atoms. The first-order chi connectivity index (χ1) is 19.5. The van der Waals surface area contributed by atoms with Crippen LogP contribution in [-0.4, -0.2) is 46.5 Å². The van der Waals surface area contributed by atoms with Gasteiger partial charge in [0, 0.05) is 74.7 Å². The molecular formula is C34H33FN4O. The number of piperazine rings is 1. The fraction of sp³-hybridized carbons (Fsp3) is 0.206. The van der Waals surface area contributed by atoms with Gasteiger partial charge in [-0.05, 0) is 64.7 Å². The number of hydrogen-bond donors (Lipinski definition) is 1. The van der Waals surface area contributed by atoms with E-state index in [1.54, 1.807) is 12.1 Å². The quantitative estimate of drug-likeness (QED) is 0.258. The lowest BCUT2D eigenvalue weighted by Crippen LogP contribution is -2.45. The van der Waals surface area contributed by atoms with E-state index >= 15 is 0 Å².